The number of pyridine rings is 1. The molecule has 0 fully saturated rings. The molecular formula is C35H43N5O4. The first-order chi connectivity index (χ1) is 21.5. The van der Waals surface area contributed by atoms with E-state index in [0.717, 1.165) is 27.6 Å². The molecule has 2 amide bonds. The highest BCUT2D eigenvalue weighted by Gasteiger charge is 2.24. The summed E-state index contributed by atoms with van der Waals surface area (Å²) in [5, 5.41) is 30.3. The SMILES string of the molecule is C[C@H](NC(=O)[C@H](CCCN(CCO)CCO)NC(=O)c1ccc(CNCc2ccccn2)cc1)c1cccc2ccccc12. The predicted octanol–water partition coefficient (Wildman–Crippen LogP) is 3.57. The van der Waals surface area contributed by atoms with Crippen molar-refractivity contribution in [1.29, 1.82) is 0 Å². The average molecular weight is 598 g/mol. The summed E-state index contributed by atoms with van der Waals surface area (Å²) in [5.41, 5.74) is 3.47. The summed E-state index contributed by atoms with van der Waals surface area (Å²) in [6.07, 6.45) is 2.77. The molecular weight excluding hydrogens is 554 g/mol. The first kappa shape index (κ1) is 32.8. The Kier molecular flexibility index (Phi) is 12.8. The van der Waals surface area contributed by atoms with E-state index < -0.39 is 6.04 Å². The largest absolute Gasteiger partial charge is 0.395 e. The molecule has 0 unspecified atom stereocenters. The van der Waals surface area contributed by atoms with Crippen LogP contribution in [0.5, 0.6) is 0 Å². The van der Waals surface area contributed by atoms with Crippen LogP contribution in [0.1, 0.15) is 53.0 Å². The van der Waals surface area contributed by atoms with Gasteiger partial charge in [-0.25, -0.2) is 0 Å². The third-order valence-corrected chi connectivity index (χ3v) is 7.65. The van der Waals surface area contributed by atoms with Gasteiger partial charge >= 0.3 is 0 Å². The van der Waals surface area contributed by atoms with E-state index in [2.05, 4.69) is 20.9 Å². The van der Waals surface area contributed by atoms with Crippen LogP contribution in [0.15, 0.2) is 91.1 Å². The minimum Gasteiger partial charge on any atom is -0.395 e. The lowest BCUT2D eigenvalue weighted by atomic mass is 9.99. The number of benzene rings is 3. The third-order valence-electron chi connectivity index (χ3n) is 7.65. The maximum Gasteiger partial charge on any atom is 0.251 e. The van der Waals surface area contributed by atoms with E-state index in [-0.39, 0.29) is 31.1 Å². The molecule has 1 heterocycles. The molecule has 0 aliphatic carbocycles. The van der Waals surface area contributed by atoms with Crippen molar-refractivity contribution >= 4 is 22.6 Å². The summed E-state index contributed by atoms with van der Waals surface area (Å²) in [4.78, 5) is 33.2. The molecule has 0 aliphatic heterocycles. The van der Waals surface area contributed by atoms with Gasteiger partial charge in [-0.3, -0.25) is 19.5 Å². The Morgan fingerprint density at radius 1 is 0.818 bits per heavy atom. The predicted molar refractivity (Wildman–Crippen MR) is 173 cm³/mol. The molecule has 9 nitrogen and oxygen atoms in total. The molecule has 5 N–H and O–H groups in total. The Labute approximate surface area is 259 Å². The van der Waals surface area contributed by atoms with Crippen molar-refractivity contribution in [3.8, 4) is 0 Å². The number of amides is 2. The molecule has 0 spiro atoms. The number of fused-ring (bicyclic) bond motifs is 1. The van der Waals surface area contributed by atoms with Crippen LogP contribution in [0.25, 0.3) is 10.8 Å². The first-order valence-electron chi connectivity index (χ1n) is 15.2. The maximum atomic E-state index is 13.6. The minimum absolute atomic E-state index is 0.0160. The fourth-order valence-corrected chi connectivity index (χ4v) is 5.28. The van der Waals surface area contributed by atoms with Gasteiger partial charge in [-0.15, -0.1) is 0 Å². The number of carbonyl (C=O) groups is 2. The zero-order valence-corrected chi connectivity index (χ0v) is 25.3. The van der Waals surface area contributed by atoms with Gasteiger partial charge in [0.05, 0.1) is 24.9 Å². The monoisotopic (exact) mass is 597 g/mol. The number of carbonyl (C=O) groups excluding carboxylic acids is 2. The van der Waals surface area contributed by atoms with Crippen LogP contribution in [0.3, 0.4) is 0 Å². The Bertz CT molecular complexity index is 1450. The van der Waals surface area contributed by atoms with Crippen LogP contribution in [0.4, 0.5) is 0 Å². The quantitative estimate of drug-likeness (QED) is 0.126. The van der Waals surface area contributed by atoms with Gasteiger partial charge in [-0.05, 0) is 72.5 Å². The van der Waals surface area contributed by atoms with E-state index in [4.69, 9.17) is 0 Å². The van der Waals surface area contributed by atoms with E-state index in [1.165, 1.54) is 0 Å². The van der Waals surface area contributed by atoms with Gasteiger partial charge in [0.1, 0.15) is 6.04 Å². The van der Waals surface area contributed by atoms with E-state index in [0.29, 0.717) is 51.1 Å². The number of nitrogens with zero attached hydrogens (tertiary/aromatic N) is 2. The topological polar surface area (TPSA) is 127 Å². The van der Waals surface area contributed by atoms with Crippen LogP contribution in [-0.2, 0) is 17.9 Å². The molecule has 4 rings (SSSR count). The molecule has 9 heteroatoms. The zero-order chi connectivity index (χ0) is 31.1. The van der Waals surface area contributed by atoms with Crippen molar-refractivity contribution in [2.45, 2.75) is 44.9 Å². The van der Waals surface area contributed by atoms with Crippen molar-refractivity contribution in [1.82, 2.24) is 25.8 Å². The molecule has 3 aromatic carbocycles. The molecule has 0 saturated carbocycles. The van der Waals surface area contributed by atoms with Gasteiger partial charge in [0, 0.05) is 37.9 Å². The lowest BCUT2D eigenvalue weighted by Crippen LogP contribution is -2.47. The number of hydrogen-bond acceptors (Lipinski definition) is 7. The van der Waals surface area contributed by atoms with Crippen molar-refractivity contribution in [3.05, 3.63) is 114 Å². The van der Waals surface area contributed by atoms with Crippen LogP contribution in [-0.4, -0.2) is 70.8 Å². The highest BCUT2D eigenvalue weighted by molar-refractivity contribution is 5.97. The lowest BCUT2D eigenvalue weighted by Gasteiger charge is -2.24. The summed E-state index contributed by atoms with van der Waals surface area (Å²) >= 11 is 0. The summed E-state index contributed by atoms with van der Waals surface area (Å²) in [5.74, 6) is -0.580. The van der Waals surface area contributed by atoms with Crippen molar-refractivity contribution in [2.75, 3.05) is 32.8 Å². The van der Waals surface area contributed by atoms with Crippen molar-refractivity contribution in [3.63, 3.8) is 0 Å². The van der Waals surface area contributed by atoms with Gasteiger partial charge in [-0.1, -0.05) is 60.7 Å². The van der Waals surface area contributed by atoms with Gasteiger partial charge in [-0.2, -0.15) is 0 Å². The molecule has 232 valence electrons. The maximum absolute atomic E-state index is 13.6. The first-order valence-corrected chi connectivity index (χ1v) is 15.2. The zero-order valence-electron chi connectivity index (χ0n) is 25.3. The van der Waals surface area contributed by atoms with Gasteiger partial charge in [0.2, 0.25) is 5.91 Å². The summed E-state index contributed by atoms with van der Waals surface area (Å²) in [6, 6.07) is 26.2. The van der Waals surface area contributed by atoms with E-state index in [1.54, 1.807) is 18.3 Å². The number of aromatic nitrogens is 1. The Morgan fingerprint density at radius 2 is 1.55 bits per heavy atom. The van der Waals surface area contributed by atoms with E-state index in [1.807, 2.05) is 84.6 Å². The van der Waals surface area contributed by atoms with E-state index >= 15 is 0 Å². The second-order valence-electron chi connectivity index (χ2n) is 10.9. The van der Waals surface area contributed by atoms with Crippen LogP contribution in [0, 0.1) is 0 Å². The molecule has 0 radical (unpaired) electrons. The number of aliphatic hydroxyl groups excluding tert-OH is 2. The molecule has 4 aromatic rings. The Hall–Kier alpha value is -4.15. The normalized spacial score (nSPS) is 12.6. The summed E-state index contributed by atoms with van der Waals surface area (Å²) in [6.45, 7) is 4.65. The Balaban J connectivity index is 1.40. The number of aliphatic hydroxyl groups is 2. The summed E-state index contributed by atoms with van der Waals surface area (Å²) < 4.78 is 0. The minimum atomic E-state index is -0.759. The molecule has 2 atom stereocenters. The highest BCUT2D eigenvalue weighted by Crippen LogP contribution is 2.24. The third kappa shape index (κ3) is 9.68. The average Bonchev–Trinajstić information content (AvgIpc) is 3.05. The summed E-state index contributed by atoms with van der Waals surface area (Å²) in [7, 11) is 0. The standard InChI is InChI=1S/C35H43N5O4/c1-26(31-12-6-9-28-8-2-3-11-32(28)31)38-35(44)33(13-7-19-40(20-22-41)21-23-42)39-34(43)29-16-14-27(15-17-29)24-36-25-30-10-4-5-18-37-30/h2-6,8-12,14-18,26,33,36,41-42H,7,13,19-25H2,1H3,(H,38,44)(H,39,43)/t26-,33-/m0/s1. The van der Waals surface area contributed by atoms with E-state index in [9.17, 15) is 19.8 Å². The van der Waals surface area contributed by atoms with Gasteiger partial charge in [0.15, 0.2) is 0 Å². The van der Waals surface area contributed by atoms with Crippen LogP contribution in [0.2, 0.25) is 0 Å². The highest BCUT2D eigenvalue weighted by atomic mass is 16.3. The van der Waals surface area contributed by atoms with Crippen LogP contribution < -0.4 is 16.0 Å². The molecule has 1 aromatic heterocycles. The molecule has 44 heavy (non-hydrogen) atoms. The van der Waals surface area contributed by atoms with Crippen molar-refractivity contribution < 1.29 is 19.8 Å². The Morgan fingerprint density at radius 3 is 2.27 bits per heavy atom. The lowest BCUT2D eigenvalue weighted by molar-refractivity contribution is -0.123. The number of rotatable bonds is 17. The second kappa shape index (κ2) is 17.2. The fourth-order valence-electron chi connectivity index (χ4n) is 5.28. The smallest absolute Gasteiger partial charge is 0.251 e. The number of hydrogen-bond donors (Lipinski definition) is 5. The van der Waals surface area contributed by atoms with Gasteiger partial charge < -0.3 is 26.2 Å². The fraction of sp³-hybridized carbons (Fsp3) is 0.343. The molecule has 0 saturated heterocycles. The van der Waals surface area contributed by atoms with Gasteiger partial charge in [0.25, 0.3) is 5.91 Å². The second-order valence-corrected chi connectivity index (χ2v) is 10.9. The van der Waals surface area contributed by atoms with Crippen LogP contribution >= 0.6 is 0 Å². The molecule has 0 aliphatic rings. The van der Waals surface area contributed by atoms with Crippen molar-refractivity contribution in [2.24, 2.45) is 0 Å². The number of nitrogens with one attached hydrogen (secondary N) is 3. The molecule has 0 bridgehead atoms.